The zero-order valence-corrected chi connectivity index (χ0v) is 24.3. The van der Waals surface area contributed by atoms with E-state index >= 15 is 0 Å². The van der Waals surface area contributed by atoms with Crippen molar-refractivity contribution in [2.24, 2.45) is 5.10 Å². The smallest absolute Gasteiger partial charge is 0.272 e. The first-order valence-electron chi connectivity index (χ1n) is 13.2. The molecule has 42 heavy (non-hydrogen) atoms. The molecule has 210 valence electrons. The van der Waals surface area contributed by atoms with E-state index in [4.69, 9.17) is 19.2 Å². The first-order chi connectivity index (χ1) is 20.5. The van der Waals surface area contributed by atoms with E-state index in [0.717, 1.165) is 21.8 Å². The number of carbonyl (C=O) groups excluding carboxylic acids is 1. The topological polar surface area (TPSA) is 94.1 Å². The molecule has 0 fully saturated rings. The third-order valence-electron chi connectivity index (χ3n) is 7.02. The number of fused-ring (bicyclic) bond motifs is 3. The molecule has 0 radical (unpaired) electrons. The van der Waals surface area contributed by atoms with Crippen molar-refractivity contribution < 1.29 is 19.0 Å². The number of carbonyl (C=O) groups is 1. The minimum Gasteiger partial charge on any atom is -0.493 e. The lowest BCUT2D eigenvalue weighted by molar-refractivity contribution is 0.0956. The number of rotatable bonds is 7. The second-order valence-corrected chi connectivity index (χ2v) is 10.6. The van der Waals surface area contributed by atoms with E-state index in [2.05, 4.69) is 34.0 Å². The molecule has 0 unspecified atom stereocenters. The molecule has 0 spiro atoms. The van der Waals surface area contributed by atoms with Gasteiger partial charge in [-0.15, -0.1) is 0 Å². The van der Waals surface area contributed by atoms with Crippen LogP contribution in [-0.4, -0.2) is 37.9 Å². The second-order valence-electron chi connectivity index (χ2n) is 9.56. The van der Waals surface area contributed by atoms with Gasteiger partial charge in [-0.2, -0.15) is 5.10 Å². The van der Waals surface area contributed by atoms with Gasteiger partial charge in [0, 0.05) is 20.7 Å². The maximum absolute atomic E-state index is 13.6. The largest absolute Gasteiger partial charge is 0.493 e. The highest BCUT2D eigenvalue weighted by molar-refractivity contribution is 7.99. The lowest BCUT2D eigenvalue weighted by Gasteiger charge is -2.21. The van der Waals surface area contributed by atoms with E-state index in [-0.39, 0.29) is 5.91 Å². The van der Waals surface area contributed by atoms with Gasteiger partial charge < -0.3 is 19.5 Å². The van der Waals surface area contributed by atoms with Crippen molar-refractivity contribution in [1.29, 1.82) is 0 Å². The number of hydrazone groups is 1. The Morgan fingerprint density at radius 2 is 1.55 bits per heavy atom. The van der Waals surface area contributed by atoms with Crippen molar-refractivity contribution in [2.75, 3.05) is 26.6 Å². The normalized spacial score (nSPS) is 12.1. The summed E-state index contributed by atoms with van der Waals surface area (Å²) in [5, 5.41) is 8.67. The highest BCUT2D eigenvalue weighted by Gasteiger charge is 2.19. The molecule has 1 aromatic heterocycles. The van der Waals surface area contributed by atoms with Crippen molar-refractivity contribution in [3.05, 3.63) is 96.1 Å². The predicted octanol–water partition coefficient (Wildman–Crippen LogP) is 7.29. The number of hydrogen-bond acceptors (Lipinski definition) is 8. The Labute approximate surface area is 247 Å². The Hall–Kier alpha value is -5.02. The third kappa shape index (κ3) is 5.10. The van der Waals surface area contributed by atoms with Crippen LogP contribution in [0.15, 0.2) is 99.8 Å². The second kappa shape index (κ2) is 11.5. The number of anilines is 2. The molecule has 5 aromatic rings. The van der Waals surface area contributed by atoms with Gasteiger partial charge in [-0.1, -0.05) is 48.2 Å². The van der Waals surface area contributed by atoms with Crippen molar-refractivity contribution >= 4 is 45.7 Å². The van der Waals surface area contributed by atoms with Crippen molar-refractivity contribution in [3.63, 3.8) is 0 Å². The zero-order chi connectivity index (χ0) is 29.2. The molecule has 0 bridgehead atoms. The van der Waals surface area contributed by atoms with Gasteiger partial charge in [-0.25, -0.2) is 10.4 Å². The van der Waals surface area contributed by atoms with Crippen LogP contribution in [0, 0.1) is 0 Å². The quantitative estimate of drug-likeness (QED) is 0.152. The number of para-hydroxylation sites is 2. The van der Waals surface area contributed by atoms with E-state index < -0.39 is 0 Å². The minimum atomic E-state index is -0.345. The number of methoxy groups -OCH3 is 3. The van der Waals surface area contributed by atoms with Crippen LogP contribution in [-0.2, 0) is 0 Å². The average Bonchev–Trinajstić information content (AvgIpc) is 3.04. The molecule has 0 atom stereocenters. The van der Waals surface area contributed by atoms with Gasteiger partial charge in [0.2, 0.25) is 5.75 Å². The fourth-order valence-electron chi connectivity index (χ4n) is 4.86. The fraction of sp³-hybridized carbons (Fsp3) is 0.121. The molecular formula is C33H28N4O4S. The number of amides is 1. The maximum Gasteiger partial charge on any atom is 0.272 e. The lowest BCUT2D eigenvalue weighted by Crippen LogP contribution is -2.20. The molecule has 2 N–H and O–H groups in total. The summed E-state index contributed by atoms with van der Waals surface area (Å²) in [6, 6.07) is 27.2. The molecule has 6 rings (SSSR count). The molecule has 2 heterocycles. The van der Waals surface area contributed by atoms with Gasteiger partial charge in [0.1, 0.15) is 0 Å². The molecule has 1 aliphatic rings. The van der Waals surface area contributed by atoms with Gasteiger partial charge in [-0.05, 0) is 61.0 Å². The van der Waals surface area contributed by atoms with Gasteiger partial charge in [0.25, 0.3) is 5.91 Å². The van der Waals surface area contributed by atoms with E-state index in [1.807, 2.05) is 67.6 Å². The minimum absolute atomic E-state index is 0.345. The molecule has 0 aliphatic carbocycles. The number of nitrogens with one attached hydrogen (secondary N) is 2. The predicted molar refractivity (Wildman–Crippen MR) is 167 cm³/mol. The van der Waals surface area contributed by atoms with Crippen LogP contribution in [0.4, 0.5) is 11.4 Å². The first kappa shape index (κ1) is 27.2. The highest BCUT2D eigenvalue weighted by atomic mass is 32.2. The Balaban J connectivity index is 1.31. The van der Waals surface area contributed by atoms with E-state index in [1.165, 1.54) is 4.90 Å². The number of benzene rings is 4. The van der Waals surface area contributed by atoms with Crippen LogP contribution in [0.5, 0.6) is 17.2 Å². The van der Waals surface area contributed by atoms with Crippen LogP contribution in [0.3, 0.4) is 0 Å². The van der Waals surface area contributed by atoms with Crippen LogP contribution in [0.2, 0.25) is 0 Å². The highest BCUT2D eigenvalue weighted by Crippen LogP contribution is 2.44. The molecular weight excluding hydrogens is 548 g/mol. The van der Waals surface area contributed by atoms with Crippen LogP contribution < -0.4 is 25.0 Å². The summed E-state index contributed by atoms with van der Waals surface area (Å²) in [4.78, 5) is 20.7. The van der Waals surface area contributed by atoms with Crippen LogP contribution >= 0.6 is 11.8 Å². The fourth-order valence-corrected chi connectivity index (χ4v) is 5.83. The third-order valence-corrected chi connectivity index (χ3v) is 8.17. The maximum atomic E-state index is 13.6. The Kier molecular flexibility index (Phi) is 7.41. The average molecular weight is 577 g/mol. The Morgan fingerprint density at radius 3 is 2.31 bits per heavy atom. The van der Waals surface area contributed by atoms with E-state index in [9.17, 15) is 4.79 Å². The Morgan fingerprint density at radius 1 is 0.833 bits per heavy atom. The van der Waals surface area contributed by atoms with E-state index in [1.54, 1.807) is 39.2 Å². The van der Waals surface area contributed by atoms with Gasteiger partial charge in [-0.3, -0.25) is 4.79 Å². The molecule has 0 saturated carbocycles. The molecule has 4 aromatic carbocycles. The Bertz CT molecular complexity index is 1850. The molecule has 1 aliphatic heterocycles. The molecule has 0 saturated heterocycles. The monoisotopic (exact) mass is 576 g/mol. The number of ether oxygens (including phenoxy) is 3. The summed E-state index contributed by atoms with van der Waals surface area (Å²) < 4.78 is 16.5. The number of nitrogens with zero attached hydrogens (tertiary/aromatic N) is 2. The van der Waals surface area contributed by atoms with Gasteiger partial charge >= 0.3 is 0 Å². The standard InChI is InChI=1S/C33H28N4O4S/c1-19(20-13-14-31-27(15-20)35-25-11-7-8-12-30(25)42-31)36-37-33(38)23-18-26(34-24-10-6-5-9-22(23)24)21-16-28(39-2)32(41-4)29(17-21)40-3/h5-18,35H,1-4H3,(H,37,38)/b36-19+. The first-order valence-corrected chi connectivity index (χ1v) is 14.0. The van der Waals surface area contributed by atoms with Gasteiger partial charge in [0.15, 0.2) is 11.5 Å². The SMILES string of the molecule is COc1cc(-c2cc(C(=O)N/N=C(\C)c3ccc4c(c3)Nc3ccccc3S4)c3ccccc3n2)cc(OC)c1OC. The molecule has 8 nitrogen and oxygen atoms in total. The summed E-state index contributed by atoms with van der Waals surface area (Å²) >= 11 is 1.72. The van der Waals surface area contributed by atoms with Crippen LogP contribution in [0.25, 0.3) is 22.2 Å². The molecule has 1 amide bonds. The lowest BCUT2D eigenvalue weighted by atomic mass is 10.0. The zero-order valence-electron chi connectivity index (χ0n) is 23.5. The van der Waals surface area contributed by atoms with Gasteiger partial charge in [0.05, 0.1) is 55.2 Å². The number of pyridine rings is 1. The summed E-state index contributed by atoms with van der Waals surface area (Å²) in [5.74, 6) is 1.12. The number of hydrogen-bond donors (Lipinski definition) is 2. The summed E-state index contributed by atoms with van der Waals surface area (Å²) in [7, 11) is 4.67. The van der Waals surface area contributed by atoms with E-state index in [0.29, 0.717) is 50.7 Å². The summed E-state index contributed by atoms with van der Waals surface area (Å²) in [6.07, 6.45) is 0. The van der Waals surface area contributed by atoms with Crippen molar-refractivity contribution in [2.45, 2.75) is 16.7 Å². The number of aromatic nitrogens is 1. The summed E-state index contributed by atoms with van der Waals surface area (Å²) in [5.41, 5.74) is 8.83. The van der Waals surface area contributed by atoms with Crippen LogP contribution in [0.1, 0.15) is 22.8 Å². The van der Waals surface area contributed by atoms with Crippen molar-refractivity contribution in [3.8, 4) is 28.5 Å². The summed E-state index contributed by atoms with van der Waals surface area (Å²) in [6.45, 7) is 1.87. The van der Waals surface area contributed by atoms with Crippen molar-refractivity contribution in [1.82, 2.24) is 10.4 Å². The molecule has 9 heteroatoms.